The molecule has 6 nitrogen and oxygen atoms in total. The van der Waals surface area contributed by atoms with Gasteiger partial charge in [0.2, 0.25) is 15.9 Å². The molecular formula is C18H20ClN3O3S. The first-order valence-corrected chi connectivity index (χ1v) is 9.58. The van der Waals surface area contributed by atoms with Crippen LogP contribution in [0.15, 0.2) is 53.4 Å². The van der Waals surface area contributed by atoms with Crippen molar-refractivity contribution < 1.29 is 13.2 Å². The quantitative estimate of drug-likeness (QED) is 0.739. The van der Waals surface area contributed by atoms with Crippen molar-refractivity contribution in [3.8, 4) is 0 Å². The number of anilines is 2. The van der Waals surface area contributed by atoms with Gasteiger partial charge in [-0.25, -0.2) is 13.1 Å². The SMILES string of the molecule is CNS(=O)(=O)c1ccc(/C=C/C(=O)Nc2ccc(N(C)C)c(Cl)c2)cc1. The van der Waals surface area contributed by atoms with Crippen molar-refractivity contribution in [3.05, 3.63) is 59.1 Å². The Balaban J connectivity index is 2.04. The normalized spacial score (nSPS) is 11.5. The fourth-order valence-electron chi connectivity index (χ4n) is 2.18. The number of carbonyl (C=O) groups is 1. The molecule has 0 spiro atoms. The van der Waals surface area contributed by atoms with Crippen LogP contribution in [-0.4, -0.2) is 35.5 Å². The smallest absolute Gasteiger partial charge is 0.248 e. The molecule has 0 saturated carbocycles. The first kappa shape index (κ1) is 20.0. The first-order chi connectivity index (χ1) is 12.2. The van der Waals surface area contributed by atoms with Crippen molar-refractivity contribution >= 4 is 45.0 Å². The van der Waals surface area contributed by atoms with E-state index in [1.165, 1.54) is 25.3 Å². The lowest BCUT2D eigenvalue weighted by Crippen LogP contribution is -2.18. The van der Waals surface area contributed by atoms with Gasteiger partial charge in [-0.1, -0.05) is 23.7 Å². The van der Waals surface area contributed by atoms with Crippen LogP contribution in [-0.2, 0) is 14.8 Å². The third-order valence-corrected chi connectivity index (χ3v) is 5.32. The number of nitrogens with zero attached hydrogens (tertiary/aromatic N) is 1. The summed E-state index contributed by atoms with van der Waals surface area (Å²) in [5.74, 6) is -0.314. The van der Waals surface area contributed by atoms with Gasteiger partial charge in [-0.2, -0.15) is 0 Å². The van der Waals surface area contributed by atoms with Crippen LogP contribution in [0, 0.1) is 0 Å². The monoisotopic (exact) mass is 393 g/mol. The number of benzene rings is 2. The number of hydrogen-bond donors (Lipinski definition) is 2. The van der Waals surface area contributed by atoms with Crippen LogP contribution in [0.4, 0.5) is 11.4 Å². The molecule has 2 aromatic carbocycles. The molecule has 0 fully saturated rings. The van der Waals surface area contributed by atoms with Crippen molar-refractivity contribution in [1.82, 2.24) is 4.72 Å². The summed E-state index contributed by atoms with van der Waals surface area (Å²) in [4.78, 5) is 14.1. The van der Waals surface area contributed by atoms with Crippen molar-refractivity contribution in [3.63, 3.8) is 0 Å². The summed E-state index contributed by atoms with van der Waals surface area (Å²) >= 11 is 6.18. The maximum Gasteiger partial charge on any atom is 0.248 e. The number of rotatable bonds is 6. The molecule has 138 valence electrons. The van der Waals surface area contributed by atoms with Gasteiger partial charge in [-0.05, 0) is 49.0 Å². The number of sulfonamides is 1. The Morgan fingerprint density at radius 2 is 1.77 bits per heavy atom. The largest absolute Gasteiger partial charge is 0.376 e. The maximum absolute atomic E-state index is 12.0. The molecule has 0 saturated heterocycles. The minimum absolute atomic E-state index is 0.164. The van der Waals surface area contributed by atoms with E-state index in [-0.39, 0.29) is 10.8 Å². The van der Waals surface area contributed by atoms with E-state index in [2.05, 4.69) is 10.0 Å². The van der Waals surface area contributed by atoms with Gasteiger partial charge in [0.05, 0.1) is 15.6 Å². The highest BCUT2D eigenvalue weighted by Crippen LogP contribution is 2.27. The second kappa shape index (κ2) is 8.35. The second-order valence-corrected chi connectivity index (χ2v) is 7.95. The van der Waals surface area contributed by atoms with Crippen molar-refractivity contribution in [2.24, 2.45) is 0 Å². The zero-order valence-corrected chi connectivity index (χ0v) is 16.2. The number of amides is 1. The molecule has 2 N–H and O–H groups in total. The molecule has 0 aliphatic rings. The molecule has 2 aromatic rings. The van der Waals surface area contributed by atoms with E-state index in [1.54, 1.807) is 30.3 Å². The highest BCUT2D eigenvalue weighted by atomic mass is 35.5. The Morgan fingerprint density at radius 1 is 1.12 bits per heavy atom. The number of nitrogens with one attached hydrogen (secondary N) is 2. The lowest BCUT2D eigenvalue weighted by Gasteiger charge is -2.15. The Hall–Kier alpha value is -2.35. The van der Waals surface area contributed by atoms with Crippen LogP contribution in [0.1, 0.15) is 5.56 Å². The van der Waals surface area contributed by atoms with Gasteiger partial charge in [-0.15, -0.1) is 0 Å². The highest BCUT2D eigenvalue weighted by Gasteiger charge is 2.10. The molecule has 0 unspecified atom stereocenters. The predicted octanol–water partition coefficient (Wildman–Crippen LogP) is 2.97. The van der Waals surface area contributed by atoms with Crippen LogP contribution >= 0.6 is 11.6 Å². The van der Waals surface area contributed by atoms with E-state index in [0.29, 0.717) is 16.3 Å². The van der Waals surface area contributed by atoms with Gasteiger partial charge in [0, 0.05) is 25.9 Å². The highest BCUT2D eigenvalue weighted by molar-refractivity contribution is 7.89. The van der Waals surface area contributed by atoms with E-state index in [9.17, 15) is 13.2 Å². The fourth-order valence-corrected chi connectivity index (χ4v) is 3.26. The van der Waals surface area contributed by atoms with E-state index < -0.39 is 10.0 Å². The van der Waals surface area contributed by atoms with Gasteiger partial charge in [-0.3, -0.25) is 4.79 Å². The Labute approximate surface area is 158 Å². The van der Waals surface area contributed by atoms with Gasteiger partial charge in [0.1, 0.15) is 0 Å². The average molecular weight is 394 g/mol. The number of hydrogen-bond acceptors (Lipinski definition) is 4. The first-order valence-electron chi connectivity index (χ1n) is 7.72. The number of carbonyl (C=O) groups excluding carboxylic acids is 1. The number of halogens is 1. The topological polar surface area (TPSA) is 78.5 Å². The van der Waals surface area contributed by atoms with Gasteiger partial charge < -0.3 is 10.2 Å². The van der Waals surface area contributed by atoms with E-state index in [0.717, 1.165) is 5.69 Å². The van der Waals surface area contributed by atoms with E-state index >= 15 is 0 Å². The van der Waals surface area contributed by atoms with Gasteiger partial charge >= 0.3 is 0 Å². The summed E-state index contributed by atoms with van der Waals surface area (Å²) in [6.07, 6.45) is 2.97. The molecule has 0 aliphatic carbocycles. The molecule has 0 aliphatic heterocycles. The Bertz CT molecular complexity index is 923. The van der Waals surface area contributed by atoms with Crippen molar-refractivity contribution in [2.45, 2.75) is 4.90 Å². The van der Waals surface area contributed by atoms with Crippen LogP contribution in [0.25, 0.3) is 6.08 Å². The molecule has 2 rings (SSSR count). The molecule has 0 bridgehead atoms. The average Bonchev–Trinajstić information content (AvgIpc) is 2.60. The molecular weight excluding hydrogens is 374 g/mol. The molecule has 1 amide bonds. The summed E-state index contributed by atoms with van der Waals surface area (Å²) in [6, 6.07) is 11.5. The van der Waals surface area contributed by atoms with E-state index in [1.807, 2.05) is 25.1 Å². The molecule has 0 atom stereocenters. The minimum Gasteiger partial charge on any atom is -0.376 e. The Kier molecular flexibility index (Phi) is 6.42. The standard InChI is InChI=1S/C18H20ClN3O3S/c1-20-26(24,25)15-8-4-13(5-9-15)6-11-18(23)21-14-7-10-17(22(2)3)16(19)12-14/h4-12,20H,1-3H3,(H,21,23)/b11-6+. The molecule has 0 aromatic heterocycles. The summed E-state index contributed by atoms with van der Waals surface area (Å²) in [6.45, 7) is 0. The van der Waals surface area contributed by atoms with Gasteiger partial charge in [0.15, 0.2) is 0 Å². The minimum atomic E-state index is -3.47. The van der Waals surface area contributed by atoms with Crippen LogP contribution in [0.3, 0.4) is 0 Å². The van der Waals surface area contributed by atoms with Crippen molar-refractivity contribution in [2.75, 3.05) is 31.4 Å². The van der Waals surface area contributed by atoms with Crippen LogP contribution < -0.4 is 14.9 Å². The summed E-state index contributed by atoms with van der Waals surface area (Å²) in [5, 5.41) is 3.27. The van der Waals surface area contributed by atoms with E-state index in [4.69, 9.17) is 11.6 Å². The zero-order valence-electron chi connectivity index (χ0n) is 14.7. The van der Waals surface area contributed by atoms with Crippen molar-refractivity contribution in [1.29, 1.82) is 0 Å². The third-order valence-electron chi connectivity index (χ3n) is 3.58. The molecule has 0 radical (unpaired) electrons. The summed E-state index contributed by atoms with van der Waals surface area (Å²) < 4.78 is 25.6. The fraction of sp³-hybridized carbons (Fsp3) is 0.167. The summed E-state index contributed by atoms with van der Waals surface area (Å²) in [7, 11) is 1.65. The molecule has 0 heterocycles. The lowest BCUT2D eigenvalue weighted by atomic mass is 10.2. The maximum atomic E-state index is 12.0. The zero-order chi connectivity index (χ0) is 19.3. The molecule has 26 heavy (non-hydrogen) atoms. The predicted molar refractivity (Wildman–Crippen MR) is 106 cm³/mol. The summed E-state index contributed by atoms with van der Waals surface area (Å²) in [5.41, 5.74) is 2.15. The second-order valence-electron chi connectivity index (χ2n) is 5.66. The van der Waals surface area contributed by atoms with Crippen LogP contribution in [0.2, 0.25) is 5.02 Å². The van der Waals surface area contributed by atoms with Gasteiger partial charge in [0.25, 0.3) is 0 Å². The van der Waals surface area contributed by atoms with Crippen LogP contribution in [0.5, 0.6) is 0 Å². The lowest BCUT2D eigenvalue weighted by molar-refractivity contribution is -0.111. The third kappa shape index (κ3) is 5.08. The molecule has 8 heteroatoms. The Morgan fingerprint density at radius 3 is 2.31 bits per heavy atom.